The number of methoxy groups -OCH3 is 1. The lowest BCUT2D eigenvalue weighted by molar-refractivity contribution is -0.137. The van der Waals surface area contributed by atoms with Crippen LogP contribution in [0, 0.1) is 6.92 Å². The van der Waals surface area contributed by atoms with Gasteiger partial charge >= 0.3 is 0 Å². The summed E-state index contributed by atoms with van der Waals surface area (Å²) in [7, 11) is 1.56. The molecule has 2 aliphatic heterocycles. The van der Waals surface area contributed by atoms with Crippen LogP contribution < -0.4 is 10.1 Å². The van der Waals surface area contributed by atoms with Gasteiger partial charge in [0.25, 0.3) is 11.8 Å². The van der Waals surface area contributed by atoms with Crippen LogP contribution in [0.1, 0.15) is 11.1 Å². The maximum Gasteiger partial charge on any atom is 0.278 e. The van der Waals surface area contributed by atoms with Crippen LogP contribution in [0.4, 0.5) is 5.69 Å². The molecule has 0 spiro atoms. The summed E-state index contributed by atoms with van der Waals surface area (Å²) in [6, 6.07) is 15.0. The molecule has 0 bridgehead atoms. The van der Waals surface area contributed by atoms with E-state index in [9.17, 15) is 9.59 Å². The predicted octanol–water partition coefficient (Wildman–Crippen LogP) is 2.53. The Hall–Kier alpha value is -3.16. The van der Waals surface area contributed by atoms with Gasteiger partial charge in [-0.15, -0.1) is 0 Å². The number of nitrogens with zero attached hydrogens (tertiary/aromatic N) is 2. The molecule has 1 fully saturated rings. The Morgan fingerprint density at radius 1 is 1.00 bits per heavy atom. The number of carbonyl (C=O) groups excluding carboxylic acids is 2. The fourth-order valence-electron chi connectivity index (χ4n) is 3.93. The first kappa shape index (κ1) is 21.1. The molecule has 2 aromatic carbocycles. The van der Waals surface area contributed by atoms with Crippen molar-refractivity contribution in [3.8, 4) is 5.75 Å². The summed E-state index contributed by atoms with van der Waals surface area (Å²) in [4.78, 5) is 30.3. The number of hydrogen-bond donors (Lipinski definition) is 1. The highest BCUT2D eigenvalue weighted by Crippen LogP contribution is 2.35. The maximum absolute atomic E-state index is 13.4. The summed E-state index contributed by atoms with van der Waals surface area (Å²) in [6.07, 6.45) is 0. The van der Waals surface area contributed by atoms with Crippen molar-refractivity contribution in [2.75, 3.05) is 51.8 Å². The lowest BCUT2D eigenvalue weighted by Gasteiger charge is -2.28. The van der Waals surface area contributed by atoms with E-state index in [0.717, 1.165) is 24.3 Å². The number of anilines is 1. The monoisotopic (exact) mass is 421 g/mol. The second-order valence-electron chi connectivity index (χ2n) is 7.66. The van der Waals surface area contributed by atoms with Crippen LogP contribution >= 0.6 is 0 Å². The summed E-state index contributed by atoms with van der Waals surface area (Å²) < 4.78 is 10.9. The van der Waals surface area contributed by atoms with Gasteiger partial charge in [-0.25, -0.2) is 0 Å². The fraction of sp³-hybridized carbons (Fsp3) is 0.333. The van der Waals surface area contributed by atoms with Gasteiger partial charge in [-0.1, -0.05) is 30.3 Å². The topological polar surface area (TPSA) is 71.1 Å². The molecule has 162 valence electrons. The quantitative estimate of drug-likeness (QED) is 0.693. The number of aryl methyl sites for hydroxylation is 1. The van der Waals surface area contributed by atoms with Crippen molar-refractivity contribution in [3.63, 3.8) is 0 Å². The Balaban J connectivity index is 1.67. The number of amides is 2. The molecule has 0 radical (unpaired) electrons. The van der Waals surface area contributed by atoms with E-state index in [1.54, 1.807) is 13.2 Å². The average molecular weight is 421 g/mol. The van der Waals surface area contributed by atoms with Gasteiger partial charge in [-0.05, 0) is 30.7 Å². The van der Waals surface area contributed by atoms with E-state index < -0.39 is 0 Å². The largest absolute Gasteiger partial charge is 0.496 e. The van der Waals surface area contributed by atoms with E-state index in [0.29, 0.717) is 43.2 Å². The van der Waals surface area contributed by atoms with Crippen LogP contribution in [0.2, 0.25) is 0 Å². The minimum absolute atomic E-state index is 0.280. The summed E-state index contributed by atoms with van der Waals surface area (Å²) in [5.74, 6) is -0.0733. The normalized spacial score (nSPS) is 17.4. The number of hydrogen-bond acceptors (Lipinski definition) is 6. The summed E-state index contributed by atoms with van der Waals surface area (Å²) >= 11 is 0. The molecule has 0 aromatic heterocycles. The molecule has 0 aliphatic carbocycles. The van der Waals surface area contributed by atoms with Crippen molar-refractivity contribution >= 4 is 23.1 Å². The Morgan fingerprint density at radius 2 is 1.77 bits per heavy atom. The third-order valence-electron chi connectivity index (χ3n) is 5.58. The zero-order chi connectivity index (χ0) is 21.8. The van der Waals surface area contributed by atoms with Gasteiger partial charge in [0.1, 0.15) is 11.4 Å². The zero-order valence-corrected chi connectivity index (χ0v) is 17.9. The molecule has 2 amide bonds. The van der Waals surface area contributed by atoms with E-state index in [1.807, 2.05) is 49.4 Å². The number of para-hydroxylation sites is 1. The molecule has 2 aliphatic rings. The van der Waals surface area contributed by atoms with Gasteiger partial charge in [-0.3, -0.25) is 19.4 Å². The van der Waals surface area contributed by atoms with Crippen LogP contribution in [0.5, 0.6) is 5.75 Å². The van der Waals surface area contributed by atoms with Crippen molar-refractivity contribution in [1.82, 2.24) is 9.80 Å². The second kappa shape index (κ2) is 9.32. The highest BCUT2D eigenvalue weighted by molar-refractivity contribution is 6.37. The van der Waals surface area contributed by atoms with Gasteiger partial charge in [0.2, 0.25) is 0 Å². The molecule has 7 heteroatoms. The molecule has 0 saturated carbocycles. The Kier molecular flexibility index (Phi) is 6.34. The molecule has 4 rings (SSSR count). The third-order valence-corrected chi connectivity index (χ3v) is 5.58. The van der Waals surface area contributed by atoms with Crippen LogP contribution in [0.3, 0.4) is 0 Å². The summed E-state index contributed by atoms with van der Waals surface area (Å²) in [5.41, 5.74) is 3.05. The first-order valence-electron chi connectivity index (χ1n) is 10.5. The molecule has 1 saturated heterocycles. The standard InChI is InChI=1S/C24H27N3O4/c1-17-6-5-7-18(16-17)25-22-21(19-8-3-4-9-20(19)30-2)23(28)27(24(22)29)11-10-26-12-14-31-15-13-26/h3-9,16,25H,10-15H2,1-2H3. The number of ether oxygens (including phenoxy) is 2. The highest BCUT2D eigenvalue weighted by Gasteiger charge is 2.40. The minimum Gasteiger partial charge on any atom is -0.496 e. The summed E-state index contributed by atoms with van der Waals surface area (Å²) in [5, 5.41) is 3.21. The molecular formula is C24H27N3O4. The first-order chi connectivity index (χ1) is 15.1. The molecule has 2 heterocycles. The van der Waals surface area contributed by atoms with Gasteiger partial charge in [0.05, 0.1) is 25.9 Å². The fourth-order valence-corrected chi connectivity index (χ4v) is 3.93. The molecule has 0 atom stereocenters. The molecule has 1 N–H and O–H groups in total. The number of imide groups is 1. The van der Waals surface area contributed by atoms with E-state index in [2.05, 4.69) is 10.2 Å². The van der Waals surface area contributed by atoms with E-state index in [1.165, 1.54) is 4.90 Å². The molecular weight excluding hydrogens is 394 g/mol. The number of carbonyl (C=O) groups is 2. The number of benzene rings is 2. The van der Waals surface area contributed by atoms with Crippen molar-refractivity contribution in [2.24, 2.45) is 0 Å². The van der Waals surface area contributed by atoms with Crippen molar-refractivity contribution in [2.45, 2.75) is 6.92 Å². The van der Waals surface area contributed by atoms with E-state index in [-0.39, 0.29) is 17.5 Å². The van der Waals surface area contributed by atoms with Gasteiger partial charge < -0.3 is 14.8 Å². The average Bonchev–Trinajstić information content (AvgIpc) is 3.02. The van der Waals surface area contributed by atoms with Gasteiger partial charge in [0.15, 0.2) is 0 Å². The lowest BCUT2D eigenvalue weighted by Crippen LogP contribution is -2.43. The summed E-state index contributed by atoms with van der Waals surface area (Å²) in [6.45, 7) is 5.89. The van der Waals surface area contributed by atoms with Crippen LogP contribution in [-0.4, -0.2) is 68.1 Å². The van der Waals surface area contributed by atoms with E-state index >= 15 is 0 Å². The van der Waals surface area contributed by atoms with Crippen LogP contribution in [0.15, 0.2) is 54.2 Å². The second-order valence-corrected chi connectivity index (χ2v) is 7.66. The van der Waals surface area contributed by atoms with Crippen LogP contribution in [0.25, 0.3) is 5.57 Å². The SMILES string of the molecule is COc1ccccc1C1=C(Nc2cccc(C)c2)C(=O)N(CCN2CCOCC2)C1=O. The Bertz CT molecular complexity index is 1010. The van der Waals surface area contributed by atoms with Gasteiger partial charge in [0, 0.05) is 37.4 Å². The maximum atomic E-state index is 13.4. The Labute approximate surface area is 182 Å². The zero-order valence-electron chi connectivity index (χ0n) is 17.9. The molecule has 7 nitrogen and oxygen atoms in total. The number of morpholine rings is 1. The van der Waals surface area contributed by atoms with E-state index in [4.69, 9.17) is 9.47 Å². The molecule has 31 heavy (non-hydrogen) atoms. The predicted molar refractivity (Wildman–Crippen MR) is 119 cm³/mol. The Morgan fingerprint density at radius 3 is 2.52 bits per heavy atom. The minimum atomic E-state index is -0.319. The lowest BCUT2D eigenvalue weighted by atomic mass is 10.0. The van der Waals surface area contributed by atoms with Crippen molar-refractivity contribution in [3.05, 3.63) is 65.4 Å². The first-order valence-corrected chi connectivity index (χ1v) is 10.5. The van der Waals surface area contributed by atoms with Crippen molar-refractivity contribution < 1.29 is 19.1 Å². The van der Waals surface area contributed by atoms with Crippen LogP contribution in [-0.2, 0) is 14.3 Å². The van der Waals surface area contributed by atoms with Gasteiger partial charge in [-0.2, -0.15) is 0 Å². The third kappa shape index (κ3) is 4.47. The number of nitrogens with one attached hydrogen (secondary N) is 1. The molecule has 0 unspecified atom stereocenters. The van der Waals surface area contributed by atoms with Crippen molar-refractivity contribution in [1.29, 1.82) is 0 Å². The number of rotatable bonds is 7. The highest BCUT2D eigenvalue weighted by atomic mass is 16.5. The smallest absolute Gasteiger partial charge is 0.278 e. The molecule has 2 aromatic rings.